The van der Waals surface area contributed by atoms with Crippen molar-refractivity contribution in [2.45, 2.75) is 39.7 Å². The van der Waals surface area contributed by atoms with Gasteiger partial charge in [-0.15, -0.1) is 11.3 Å². The van der Waals surface area contributed by atoms with Gasteiger partial charge in [-0.2, -0.15) is 5.10 Å². The van der Waals surface area contributed by atoms with Crippen LogP contribution < -0.4 is 5.32 Å². The molecule has 1 N–H and O–H groups in total. The van der Waals surface area contributed by atoms with Gasteiger partial charge in [-0.25, -0.2) is 4.98 Å². The van der Waals surface area contributed by atoms with E-state index in [4.69, 9.17) is 11.6 Å². The van der Waals surface area contributed by atoms with Gasteiger partial charge < -0.3 is 5.32 Å². The summed E-state index contributed by atoms with van der Waals surface area (Å²) in [5.41, 5.74) is 4.03. The van der Waals surface area contributed by atoms with E-state index < -0.39 is 0 Å². The molecule has 2 aromatic heterocycles. The number of halogens is 1. The van der Waals surface area contributed by atoms with E-state index in [-0.39, 0.29) is 11.9 Å². The highest BCUT2D eigenvalue weighted by atomic mass is 35.5. The Balaban J connectivity index is 1.47. The molecule has 0 aliphatic carbocycles. The maximum Gasteiger partial charge on any atom is 0.222 e. The highest BCUT2D eigenvalue weighted by molar-refractivity contribution is 7.09. The van der Waals surface area contributed by atoms with Gasteiger partial charge in [0, 0.05) is 41.0 Å². The molecule has 0 bridgehead atoms. The number of nitrogens with zero attached hydrogens (tertiary/aromatic N) is 3. The molecule has 3 rings (SSSR count). The lowest BCUT2D eigenvalue weighted by molar-refractivity contribution is -0.121. The summed E-state index contributed by atoms with van der Waals surface area (Å²) in [6.07, 6.45) is 1.13. The molecule has 27 heavy (non-hydrogen) atoms. The van der Waals surface area contributed by atoms with Crippen molar-refractivity contribution in [1.29, 1.82) is 0 Å². The van der Waals surface area contributed by atoms with Crippen molar-refractivity contribution in [1.82, 2.24) is 20.1 Å². The third kappa shape index (κ3) is 5.17. The molecule has 0 saturated heterocycles. The van der Waals surface area contributed by atoms with Crippen LogP contribution in [0, 0.1) is 13.8 Å². The Bertz CT molecular complexity index is 916. The maximum absolute atomic E-state index is 12.2. The second-order valence-electron chi connectivity index (χ2n) is 6.66. The van der Waals surface area contributed by atoms with Crippen LogP contribution in [0.5, 0.6) is 0 Å². The lowest BCUT2D eigenvalue weighted by Gasteiger charge is -2.14. The Morgan fingerprint density at radius 3 is 2.70 bits per heavy atom. The highest BCUT2D eigenvalue weighted by Crippen LogP contribution is 2.23. The lowest BCUT2D eigenvalue weighted by Crippen LogP contribution is -2.28. The average Bonchev–Trinajstić information content (AvgIpc) is 3.22. The summed E-state index contributed by atoms with van der Waals surface area (Å²) in [6.45, 7) is 6.56. The molecule has 0 fully saturated rings. The van der Waals surface area contributed by atoms with Crippen LogP contribution >= 0.6 is 22.9 Å². The molecule has 1 atom stereocenters. The first-order valence-electron chi connectivity index (χ1n) is 8.92. The SMILES string of the molecule is Cc1cc(C)n([C@H](C)CC(=O)NCCc2nc(-c3ccc(Cl)cc3)cs2)n1. The van der Waals surface area contributed by atoms with Crippen LogP contribution in [0.2, 0.25) is 5.02 Å². The Morgan fingerprint density at radius 2 is 2.04 bits per heavy atom. The van der Waals surface area contributed by atoms with Crippen molar-refractivity contribution in [2.24, 2.45) is 0 Å². The second-order valence-corrected chi connectivity index (χ2v) is 8.04. The molecule has 0 aliphatic rings. The molecule has 5 nitrogen and oxygen atoms in total. The van der Waals surface area contributed by atoms with Crippen LogP contribution in [0.3, 0.4) is 0 Å². The van der Waals surface area contributed by atoms with Crippen LogP contribution in [-0.2, 0) is 11.2 Å². The van der Waals surface area contributed by atoms with Gasteiger partial charge in [-0.3, -0.25) is 9.48 Å². The van der Waals surface area contributed by atoms with E-state index >= 15 is 0 Å². The topological polar surface area (TPSA) is 59.8 Å². The fourth-order valence-electron chi connectivity index (χ4n) is 3.01. The summed E-state index contributed by atoms with van der Waals surface area (Å²) in [4.78, 5) is 16.9. The van der Waals surface area contributed by atoms with Crippen LogP contribution in [-0.4, -0.2) is 27.2 Å². The van der Waals surface area contributed by atoms with Crippen molar-refractivity contribution in [3.05, 3.63) is 57.1 Å². The normalized spacial score (nSPS) is 12.1. The number of benzene rings is 1. The number of rotatable bonds is 7. The van der Waals surface area contributed by atoms with Gasteiger partial charge in [-0.1, -0.05) is 23.7 Å². The van der Waals surface area contributed by atoms with E-state index in [1.807, 2.05) is 61.2 Å². The van der Waals surface area contributed by atoms with Crippen LogP contribution in [0.1, 0.15) is 35.8 Å². The highest BCUT2D eigenvalue weighted by Gasteiger charge is 2.14. The Hall–Kier alpha value is -2.18. The third-order valence-corrected chi connectivity index (χ3v) is 5.46. The maximum atomic E-state index is 12.2. The number of carbonyl (C=O) groups excluding carboxylic acids is 1. The monoisotopic (exact) mass is 402 g/mol. The summed E-state index contributed by atoms with van der Waals surface area (Å²) >= 11 is 7.53. The minimum Gasteiger partial charge on any atom is -0.356 e. The Kier molecular flexibility index (Phi) is 6.29. The molecular weight excluding hydrogens is 380 g/mol. The predicted molar refractivity (Wildman–Crippen MR) is 110 cm³/mol. The molecule has 1 aromatic carbocycles. The first-order chi connectivity index (χ1) is 12.9. The molecule has 7 heteroatoms. The van der Waals surface area contributed by atoms with Gasteiger partial charge >= 0.3 is 0 Å². The molecule has 0 radical (unpaired) electrons. The van der Waals surface area contributed by atoms with Crippen molar-refractivity contribution in [2.75, 3.05) is 6.54 Å². The zero-order valence-electron chi connectivity index (χ0n) is 15.7. The zero-order chi connectivity index (χ0) is 19.4. The molecule has 0 aliphatic heterocycles. The lowest BCUT2D eigenvalue weighted by atomic mass is 10.2. The van der Waals surface area contributed by atoms with Crippen LogP contribution in [0.15, 0.2) is 35.7 Å². The van der Waals surface area contributed by atoms with Gasteiger partial charge in [0.2, 0.25) is 5.91 Å². The van der Waals surface area contributed by atoms with E-state index in [9.17, 15) is 4.79 Å². The number of carbonyl (C=O) groups is 1. The fourth-order valence-corrected chi connectivity index (χ4v) is 3.94. The first kappa shape index (κ1) is 19.6. The van der Waals surface area contributed by atoms with E-state index in [1.165, 1.54) is 0 Å². The van der Waals surface area contributed by atoms with Crippen molar-refractivity contribution in [3.63, 3.8) is 0 Å². The van der Waals surface area contributed by atoms with Crippen molar-refractivity contribution < 1.29 is 4.79 Å². The predicted octanol–water partition coefficient (Wildman–Crippen LogP) is 4.59. The van der Waals surface area contributed by atoms with E-state index in [1.54, 1.807) is 11.3 Å². The van der Waals surface area contributed by atoms with Gasteiger partial charge in [0.1, 0.15) is 0 Å². The number of hydrogen-bond acceptors (Lipinski definition) is 4. The smallest absolute Gasteiger partial charge is 0.222 e. The Labute approximate surface area is 168 Å². The summed E-state index contributed by atoms with van der Waals surface area (Å²) in [5, 5.41) is 11.2. The number of aryl methyl sites for hydroxylation is 2. The van der Waals surface area contributed by atoms with Crippen LogP contribution in [0.25, 0.3) is 11.3 Å². The zero-order valence-corrected chi connectivity index (χ0v) is 17.3. The molecule has 0 saturated carbocycles. The summed E-state index contributed by atoms with van der Waals surface area (Å²) < 4.78 is 1.91. The van der Waals surface area contributed by atoms with E-state index in [0.717, 1.165) is 34.1 Å². The summed E-state index contributed by atoms with van der Waals surface area (Å²) in [7, 11) is 0. The van der Waals surface area contributed by atoms with Gasteiger partial charge in [-0.05, 0) is 39.0 Å². The number of hydrogen-bond donors (Lipinski definition) is 1. The number of nitrogens with one attached hydrogen (secondary N) is 1. The van der Waals surface area contributed by atoms with E-state index in [2.05, 4.69) is 15.4 Å². The summed E-state index contributed by atoms with van der Waals surface area (Å²) in [6, 6.07) is 9.71. The molecule has 3 aromatic rings. The summed E-state index contributed by atoms with van der Waals surface area (Å²) in [5.74, 6) is 0.0320. The largest absolute Gasteiger partial charge is 0.356 e. The minimum atomic E-state index is 0.0320. The van der Waals surface area contributed by atoms with Crippen LogP contribution in [0.4, 0.5) is 0 Å². The fraction of sp³-hybridized carbons (Fsp3) is 0.350. The molecule has 0 unspecified atom stereocenters. The van der Waals surface area contributed by atoms with Crippen molar-refractivity contribution in [3.8, 4) is 11.3 Å². The van der Waals surface area contributed by atoms with Crippen molar-refractivity contribution >= 4 is 28.8 Å². The standard InChI is InChI=1S/C20H23ClN4OS/c1-13-10-14(2)25(24-13)15(3)11-19(26)22-9-8-20-23-18(12-27-20)16-4-6-17(21)7-5-16/h4-7,10,12,15H,8-9,11H2,1-3H3,(H,22,26)/t15-/m1/s1. The first-order valence-corrected chi connectivity index (χ1v) is 10.2. The molecular formula is C20H23ClN4OS. The number of amides is 1. The minimum absolute atomic E-state index is 0.0320. The number of thiazole rings is 1. The third-order valence-electron chi connectivity index (χ3n) is 4.30. The van der Waals surface area contributed by atoms with E-state index in [0.29, 0.717) is 18.0 Å². The quantitative estimate of drug-likeness (QED) is 0.628. The molecule has 142 valence electrons. The molecule has 0 spiro atoms. The molecule has 2 heterocycles. The second kappa shape index (κ2) is 8.67. The van der Waals surface area contributed by atoms with Gasteiger partial charge in [0.05, 0.1) is 22.4 Å². The van der Waals surface area contributed by atoms with Gasteiger partial charge in [0.15, 0.2) is 0 Å². The molecule has 1 amide bonds. The average molecular weight is 403 g/mol. The Morgan fingerprint density at radius 1 is 1.30 bits per heavy atom. The number of aromatic nitrogens is 3. The van der Waals surface area contributed by atoms with Gasteiger partial charge in [0.25, 0.3) is 0 Å².